The number of rotatable bonds is 3. The lowest BCUT2D eigenvalue weighted by Crippen LogP contribution is -2.02. The van der Waals surface area contributed by atoms with Crippen molar-refractivity contribution in [3.05, 3.63) is 24.2 Å². The third-order valence-electron chi connectivity index (χ3n) is 2.18. The lowest BCUT2D eigenvalue weighted by molar-refractivity contribution is 0.768. The number of aryl methyl sites for hydroxylation is 2. The van der Waals surface area contributed by atoms with Gasteiger partial charge in [-0.1, -0.05) is 0 Å². The van der Waals surface area contributed by atoms with Crippen LogP contribution in [-0.4, -0.2) is 26.3 Å². The fourth-order valence-electron chi connectivity index (χ4n) is 1.51. The number of anilines is 1. The van der Waals surface area contributed by atoms with Crippen LogP contribution in [0.1, 0.15) is 12.6 Å². The van der Waals surface area contributed by atoms with E-state index in [1.165, 1.54) is 0 Å². The molecule has 0 aromatic carbocycles. The summed E-state index contributed by atoms with van der Waals surface area (Å²) < 4.78 is 1.74. The molecule has 0 aliphatic rings. The minimum atomic E-state index is 0.712. The largest absolute Gasteiger partial charge is 0.370 e. The number of nitrogens with zero attached hydrogens (tertiary/aromatic N) is 4. The molecule has 2 rings (SSSR count). The molecule has 0 bridgehead atoms. The molecule has 2 aromatic rings. The number of aromatic nitrogens is 4. The average molecular weight is 217 g/mol. The van der Waals surface area contributed by atoms with Gasteiger partial charge in [0, 0.05) is 31.5 Å². The van der Waals surface area contributed by atoms with Crippen LogP contribution in [0, 0.1) is 6.92 Å². The molecule has 0 aliphatic heterocycles. The van der Waals surface area contributed by atoms with Crippen molar-refractivity contribution in [1.82, 2.24) is 19.7 Å². The van der Waals surface area contributed by atoms with Crippen LogP contribution in [0.2, 0.25) is 0 Å². The van der Waals surface area contributed by atoms with Crippen LogP contribution >= 0.6 is 0 Å². The molecule has 0 amide bonds. The number of hydrogen-bond donors (Lipinski definition) is 1. The zero-order chi connectivity index (χ0) is 11.5. The molecule has 5 heteroatoms. The Kier molecular flexibility index (Phi) is 2.85. The Bertz CT molecular complexity index is 489. The van der Waals surface area contributed by atoms with E-state index in [9.17, 15) is 0 Å². The summed E-state index contributed by atoms with van der Waals surface area (Å²) in [5.41, 5.74) is 1.88. The summed E-state index contributed by atoms with van der Waals surface area (Å²) in [5.74, 6) is 1.57. The van der Waals surface area contributed by atoms with E-state index in [-0.39, 0.29) is 0 Å². The van der Waals surface area contributed by atoms with Gasteiger partial charge >= 0.3 is 0 Å². The highest BCUT2D eigenvalue weighted by Gasteiger charge is 2.06. The lowest BCUT2D eigenvalue weighted by atomic mass is 10.3. The molecule has 0 saturated heterocycles. The topological polar surface area (TPSA) is 55.6 Å². The Hall–Kier alpha value is -1.91. The van der Waals surface area contributed by atoms with Gasteiger partial charge in [-0.2, -0.15) is 5.10 Å². The molecule has 0 saturated carbocycles. The summed E-state index contributed by atoms with van der Waals surface area (Å²) in [7, 11) is 1.88. The lowest BCUT2D eigenvalue weighted by Gasteiger charge is -2.05. The normalized spacial score (nSPS) is 10.4. The van der Waals surface area contributed by atoms with E-state index in [0.29, 0.717) is 5.82 Å². The highest BCUT2D eigenvalue weighted by Crippen LogP contribution is 2.16. The van der Waals surface area contributed by atoms with Crippen LogP contribution in [-0.2, 0) is 7.05 Å². The Morgan fingerprint density at radius 2 is 2.19 bits per heavy atom. The SMILES string of the molecule is CCNc1cc(C)nc(-c2cnn(C)c2)n1. The summed E-state index contributed by atoms with van der Waals surface area (Å²) in [4.78, 5) is 8.83. The van der Waals surface area contributed by atoms with Gasteiger partial charge in [-0.05, 0) is 13.8 Å². The average Bonchev–Trinajstić information content (AvgIpc) is 2.64. The van der Waals surface area contributed by atoms with Crippen LogP contribution in [0.4, 0.5) is 5.82 Å². The maximum absolute atomic E-state index is 4.43. The van der Waals surface area contributed by atoms with E-state index < -0.39 is 0 Å². The van der Waals surface area contributed by atoms with Gasteiger partial charge in [0.15, 0.2) is 5.82 Å². The Labute approximate surface area is 94.5 Å². The smallest absolute Gasteiger partial charge is 0.164 e. The van der Waals surface area contributed by atoms with Crippen molar-refractivity contribution in [3.63, 3.8) is 0 Å². The molecule has 0 radical (unpaired) electrons. The van der Waals surface area contributed by atoms with Gasteiger partial charge in [0.05, 0.1) is 11.8 Å². The molecular weight excluding hydrogens is 202 g/mol. The molecule has 2 heterocycles. The predicted octanol–water partition coefficient (Wildman–Crippen LogP) is 1.62. The van der Waals surface area contributed by atoms with Gasteiger partial charge in [0.2, 0.25) is 0 Å². The molecule has 1 N–H and O–H groups in total. The second-order valence-corrected chi connectivity index (χ2v) is 3.65. The molecule has 0 fully saturated rings. The van der Waals surface area contributed by atoms with Gasteiger partial charge in [-0.25, -0.2) is 9.97 Å². The Morgan fingerprint density at radius 1 is 1.38 bits per heavy atom. The Morgan fingerprint density at radius 3 is 2.81 bits per heavy atom. The quantitative estimate of drug-likeness (QED) is 0.848. The summed E-state index contributed by atoms with van der Waals surface area (Å²) in [6.07, 6.45) is 3.68. The maximum atomic E-state index is 4.43. The first-order valence-electron chi connectivity index (χ1n) is 5.27. The maximum Gasteiger partial charge on any atom is 0.164 e. The van der Waals surface area contributed by atoms with Gasteiger partial charge in [-0.3, -0.25) is 4.68 Å². The van der Waals surface area contributed by atoms with Crippen molar-refractivity contribution in [2.24, 2.45) is 7.05 Å². The zero-order valence-electron chi connectivity index (χ0n) is 9.73. The van der Waals surface area contributed by atoms with Gasteiger partial charge in [-0.15, -0.1) is 0 Å². The summed E-state index contributed by atoms with van der Waals surface area (Å²) in [5, 5.41) is 7.30. The monoisotopic (exact) mass is 217 g/mol. The first-order chi connectivity index (χ1) is 7.69. The molecule has 2 aromatic heterocycles. The first kappa shape index (κ1) is 10.6. The molecule has 5 nitrogen and oxygen atoms in total. The number of hydrogen-bond acceptors (Lipinski definition) is 4. The van der Waals surface area contributed by atoms with E-state index in [4.69, 9.17) is 0 Å². The van der Waals surface area contributed by atoms with Crippen molar-refractivity contribution < 1.29 is 0 Å². The van der Waals surface area contributed by atoms with E-state index in [1.54, 1.807) is 10.9 Å². The Balaban J connectivity index is 2.40. The van der Waals surface area contributed by atoms with Crippen LogP contribution in [0.3, 0.4) is 0 Å². The minimum Gasteiger partial charge on any atom is -0.370 e. The summed E-state index contributed by atoms with van der Waals surface area (Å²) in [6, 6.07) is 1.93. The van der Waals surface area contributed by atoms with Crippen LogP contribution in [0.25, 0.3) is 11.4 Å². The summed E-state index contributed by atoms with van der Waals surface area (Å²) in [6.45, 7) is 4.85. The zero-order valence-corrected chi connectivity index (χ0v) is 9.73. The van der Waals surface area contributed by atoms with E-state index >= 15 is 0 Å². The third-order valence-corrected chi connectivity index (χ3v) is 2.18. The van der Waals surface area contributed by atoms with Crippen molar-refractivity contribution in [3.8, 4) is 11.4 Å². The van der Waals surface area contributed by atoms with Crippen molar-refractivity contribution in [2.75, 3.05) is 11.9 Å². The van der Waals surface area contributed by atoms with Crippen LogP contribution in [0.5, 0.6) is 0 Å². The molecule has 0 spiro atoms. The molecule has 0 aliphatic carbocycles. The first-order valence-corrected chi connectivity index (χ1v) is 5.27. The molecular formula is C11H15N5. The summed E-state index contributed by atoms with van der Waals surface area (Å²) >= 11 is 0. The van der Waals surface area contributed by atoms with E-state index in [0.717, 1.165) is 23.6 Å². The van der Waals surface area contributed by atoms with Crippen molar-refractivity contribution in [1.29, 1.82) is 0 Å². The van der Waals surface area contributed by atoms with Gasteiger partial charge in [0.1, 0.15) is 5.82 Å². The predicted molar refractivity (Wildman–Crippen MR) is 63.1 cm³/mol. The van der Waals surface area contributed by atoms with E-state index in [2.05, 4.69) is 20.4 Å². The van der Waals surface area contributed by atoms with Crippen molar-refractivity contribution in [2.45, 2.75) is 13.8 Å². The molecule has 84 valence electrons. The highest BCUT2D eigenvalue weighted by atomic mass is 15.2. The van der Waals surface area contributed by atoms with Crippen molar-refractivity contribution >= 4 is 5.82 Å². The fraction of sp³-hybridized carbons (Fsp3) is 0.364. The second kappa shape index (κ2) is 4.30. The number of nitrogens with one attached hydrogen (secondary N) is 1. The van der Waals surface area contributed by atoms with Crippen LogP contribution < -0.4 is 5.32 Å². The second-order valence-electron chi connectivity index (χ2n) is 3.65. The van der Waals surface area contributed by atoms with Gasteiger partial charge < -0.3 is 5.32 Å². The molecule has 16 heavy (non-hydrogen) atoms. The standard InChI is InChI=1S/C11H15N5/c1-4-12-10-5-8(2)14-11(15-10)9-6-13-16(3)7-9/h5-7H,4H2,1-3H3,(H,12,14,15). The fourth-order valence-corrected chi connectivity index (χ4v) is 1.51. The molecule has 0 atom stereocenters. The van der Waals surface area contributed by atoms with Gasteiger partial charge in [0.25, 0.3) is 0 Å². The minimum absolute atomic E-state index is 0.712. The third kappa shape index (κ3) is 2.18. The highest BCUT2D eigenvalue weighted by molar-refractivity contribution is 5.55. The molecule has 0 unspecified atom stereocenters. The van der Waals surface area contributed by atoms with E-state index in [1.807, 2.05) is 33.2 Å². The van der Waals surface area contributed by atoms with Crippen LogP contribution in [0.15, 0.2) is 18.5 Å².